The highest BCUT2D eigenvalue weighted by molar-refractivity contribution is 7.89. The molecular weight excluding hydrogens is 380 g/mol. The molecule has 8 nitrogen and oxygen atoms in total. The molecule has 142 valence electrons. The summed E-state index contributed by atoms with van der Waals surface area (Å²) in [4.78, 5) is 26.8. The molecule has 26 heavy (non-hydrogen) atoms. The topological polar surface area (TPSA) is 90.0 Å². The summed E-state index contributed by atoms with van der Waals surface area (Å²) < 4.78 is 27.2. The van der Waals surface area contributed by atoms with Crippen LogP contribution in [0.1, 0.15) is 12.0 Å². The Labute approximate surface area is 157 Å². The maximum absolute atomic E-state index is 12.9. The van der Waals surface area contributed by atoms with E-state index in [1.54, 1.807) is 25.1 Å². The number of urea groups is 1. The third-order valence-corrected chi connectivity index (χ3v) is 7.34. The average Bonchev–Trinajstić information content (AvgIpc) is 2.61. The first-order valence-electron chi connectivity index (χ1n) is 8.28. The van der Waals surface area contributed by atoms with Crippen molar-refractivity contribution in [2.45, 2.75) is 24.4 Å². The Morgan fingerprint density at radius 3 is 2.42 bits per heavy atom. The largest absolute Gasteiger partial charge is 0.325 e. The van der Waals surface area contributed by atoms with Gasteiger partial charge in [-0.15, -0.1) is 0 Å². The van der Waals surface area contributed by atoms with Crippen LogP contribution in [0.3, 0.4) is 0 Å². The fourth-order valence-corrected chi connectivity index (χ4v) is 5.09. The number of sulfonamides is 1. The van der Waals surface area contributed by atoms with E-state index in [0.29, 0.717) is 23.7 Å². The Morgan fingerprint density at radius 1 is 1.15 bits per heavy atom. The van der Waals surface area contributed by atoms with Crippen LogP contribution in [0.25, 0.3) is 0 Å². The summed E-state index contributed by atoms with van der Waals surface area (Å²) in [5.41, 5.74) is 0.532. The third-order valence-electron chi connectivity index (χ3n) is 4.89. The Bertz CT molecular complexity index is 819. The summed E-state index contributed by atoms with van der Waals surface area (Å²) in [6, 6.07) is 4.40. The number of rotatable bonds is 3. The van der Waals surface area contributed by atoms with Gasteiger partial charge in [-0.1, -0.05) is 17.7 Å². The normalized spacial score (nSPS) is 23.2. The van der Waals surface area contributed by atoms with E-state index in [-0.39, 0.29) is 30.3 Å². The first-order valence-corrected chi connectivity index (χ1v) is 10.1. The lowest BCUT2D eigenvalue weighted by molar-refractivity contribution is -0.130. The molecular formula is C16H21ClN4O4S. The van der Waals surface area contributed by atoms with Gasteiger partial charge in [-0.3, -0.25) is 14.6 Å². The minimum absolute atomic E-state index is 0.183. The first-order chi connectivity index (χ1) is 12.2. The molecule has 3 amide bonds. The number of amides is 3. The van der Waals surface area contributed by atoms with Crippen LogP contribution in [-0.2, 0) is 14.8 Å². The second-order valence-corrected chi connectivity index (χ2v) is 8.74. The number of hydrogen-bond donors (Lipinski definition) is 1. The van der Waals surface area contributed by atoms with Crippen LogP contribution in [0.4, 0.5) is 4.79 Å². The number of carbonyl (C=O) groups excluding carboxylic acids is 2. The minimum atomic E-state index is -3.64. The molecule has 2 heterocycles. The standard InChI is InChI=1S/C16H21ClN4O4S/c1-11-12(17)4-3-5-13(11)26(24,25)21-8-6-20(7-9-21)14-10-15(22)19(2)16(23)18-14/h3-5,14H,6-10H2,1-2H3,(H,18,23). The van der Waals surface area contributed by atoms with Crippen molar-refractivity contribution in [3.63, 3.8) is 0 Å². The highest BCUT2D eigenvalue weighted by atomic mass is 35.5. The average molecular weight is 401 g/mol. The SMILES string of the molecule is Cc1c(Cl)cccc1S(=O)(=O)N1CCN(C2CC(=O)N(C)C(=O)N2)CC1. The summed E-state index contributed by atoms with van der Waals surface area (Å²) in [7, 11) is -2.20. The van der Waals surface area contributed by atoms with Gasteiger partial charge in [-0.2, -0.15) is 4.31 Å². The van der Waals surface area contributed by atoms with E-state index >= 15 is 0 Å². The van der Waals surface area contributed by atoms with Gasteiger partial charge in [0.2, 0.25) is 15.9 Å². The zero-order chi connectivity index (χ0) is 19.1. The van der Waals surface area contributed by atoms with Crippen LogP contribution in [-0.4, -0.2) is 73.9 Å². The monoisotopic (exact) mass is 400 g/mol. The Hall–Kier alpha value is -1.68. The number of imide groups is 1. The Balaban J connectivity index is 1.69. The first kappa shape index (κ1) is 19.1. The molecule has 0 aliphatic carbocycles. The Morgan fingerprint density at radius 2 is 1.81 bits per heavy atom. The van der Waals surface area contributed by atoms with Crippen molar-refractivity contribution < 1.29 is 18.0 Å². The van der Waals surface area contributed by atoms with E-state index in [1.807, 2.05) is 4.90 Å². The summed E-state index contributed by atoms with van der Waals surface area (Å²) in [5.74, 6) is -0.247. The number of nitrogens with zero attached hydrogens (tertiary/aromatic N) is 3. The van der Waals surface area contributed by atoms with E-state index in [0.717, 1.165) is 4.90 Å². The molecule has 1 atom stereocenters. The molecule has 1 N–H and O–H groups in total. The lowest BCUT2D eigenvalue weighted by Crippen LogP contribution is -2.62. The second-order valence-electron chi connectivity index (χ2n) is 6.43. The number of piperazine rings is 1. The van der Waals surface area contributed by atoms with Gasteiger partial charge < -0.3 is 5.32 Å². The van der Waals surface area contributed by atoms with Crippen molar-refractivity contribution in [3.8, 4) is 0 Å². The van der Waals surface area contributed by atoms with Gasteiger partial charge in [0.15, 0.2) is 0 Å². The van der Waals surface area contributed by atoms with Crippen LogP contribution in [0.2, 0.25) is 5.02 Å². The molecule has 0 saturated carbocycles. The van der Waals surface area contributed by atoms with Crippen molar-refractivity contribution in [1.82, 2.24) is 19.4 Å². The fourth-order valence-electron chi connectivity index (χ4n) is 3.19. The molecule has 1 unspecified atom stereocenters. The van der Waals surface area contributed by atoms with E-state index in [1.165, 1.54) is 11.4 Å². The fraction of sp³-hybridized carbons (Fsp3) is 0.500. The number of halogens is 1. The van der Waals surface area contributed by atoms with Crippen LogP contribution >= 0.6 is 11.6 Å². The second kappa shape index (κ2) is 7.15. The van der Waals surface area contributed by atoms with Gasteiger partial charge in [-0.05, 0) is 24.6 Å². The summed E-state index contributed by atoms with van der Waals surface area (Å²) in [6.45, 7) is 3.11. The number of carbonyl (C=O) groups is 2. The smallest absolute Gasteiger partial charge is 0.322 e. The summed E-state index contributed by atoms with van der Waals surface area (Å²) in [5, 5.41) is 3.19. The highest BCUT2D eigenvalue weighted by Gasteiger charge is 2.36. The van der Waals surface area contributed by atoms with Crippen molar-refractivity contribution >= 4 is 33.6 Å². The lowest BCUT2D eigenvalue weighted by Gasteiger charge is -2.41. The summed E-state index contributed by atoms with van der Waals surface area (Å²) in [6.07, 6.45) is -0.216. The number of nitrogens with one attached hydrogen (secondary N) is 1. The van der Waals surface area contributed by atoms with E-state index < -0.39 is 22.2 Å². The van der Waals surface area contributed by atoms with Gasteiger partial charge in [0.1, 0.15) is 0 Å². The van der Waals surface area contributed by atoms with Gasteiger partial charge in [0.25, 0.3) is 0 Å². The highest BCUT2D eigenvalue weighted by Crippen LogP contribution is 2.26. The Kier molecular flexibility index (Phi) is 5.25. The maximum atomic E-state index is 12.9. The van der Waals surface area contributed by atoms with Crippen molar-refractivity contribution in [3.05, 3.63) is 28.8 Å². The molecule has 0 bridgehead atoms. The number of benzene rings is 1. The molecule has 0 radical (unpaired) electrons. The molecule has 2 fully saturated rings. The molecule has 2 aliphatic heterocycles. The van der Waals surface area contributed by atoms with E-state index in [2.05, 4.69) is 5.32 Å². The molecule has 1 aromatic carbocycles. The van der Waals surface area contributed by atoms with E-state index in [9.17, 15) is 18.0 Å². The summed E-state index contributed by atoms with van der Waals surface area (Å²) >= 11 is 6.06. The van der Waals surface area contributed by atoms with Crippen LogP contribution in [0, 0.1) is 6.92 Å². The zero-order valence-corrected chi connectivity index (χ0v) is 16.2. The number of hydrogen-bond acceptors (Lipinski definition) is 5. The predicted octanol–water partition coefficient (Wildman–Crippen LogP) is 0.853. The lowest BCUT2D eigenvalue weighted by atomic mass is 10.2. The molecule has 2 aliphatic rings. The molecule has 1 aromatic rings. The van der Waals surface area contributed by atoms with Gasteiger partial charge in [0.05, 0.1) is 17.5 Å². The minimum Gasteiger partial charge on any atom is -0.322 e. The van der Waals surface area contributed by atoms with Crippen LogP contribution in [0.15, 0.2) is 23.1 Å². The maximum Gasteiger partial charge on any atom is 0.325 e. The molecule has 3 rings (SSSR count). The third kappa shape index (κ3) is 3.44. The molecule has 0 spiro atoms. The van der Waals surface area contributed by atoms with Crippen LogP contribution in [0.5, 0.6) is 0 Å². The van der Waals surface area contributed by atoms with Crippen LogP contribution < -0.4 is 5.32 Å². The van der Waals surface area contributed by atoms with Gasteiger partial charge >= 0.3 is 6.03 Å². The quantitative estimate of drug-likeness (QED) is 0.812. The molecule has 10 heteroatoms. The zero-order valence-electron chi connectivity index (χ0n) is 14.6. The molecule has 2 saturated heterocycles. The predicted molar refractivity (Wildman–Crippen MR) is 96.2 cm³/mol. The van der Waals surface area contributed by atoms with Crippen molar-refractivity contribution in [2.75, 3.05) is 33.2 Å². The van der Waals surface area contributed by atoms with E-state index in [4.69, 9.17) is 11.6 Å². The molecule has 0 aromatic heterocycles. The van der Waals surface area contributed by atoms with Crippen molar-refractivity contribution in [2.24, 2.45) is 0 Å². The van der Waals surface area contributed by atoms with Crippen molar-refractivity contribution in [1.29, 1.82) is 0 Å². The van der Waals surface area contributed by atoms with Gasteiger partial charge in [-0.25, -0.2) is 13.2 Å². The van der Waals surface area contributed by atoms with Gasteiger partial charge in [0, 0.05) is 38.2 Å².